The molecule has 0 aliphatic carbocycles. The van der Waals surface area contributed by atoms with E-state index in [9.17, 15) is 9.59 Å². The largest absolute Gasteiger partial charge is 0.464 e. The van der Waals surface area contributed by atoms with E-state index in [2.05, 4.69) is 41.4 Å². The number of hydrogen-bond acceptors (Lipinski definition) is 5. The third-order valence-electron chi connectivity index (χ3n) is 7.42. The number of nitrogens with zero attached hydrogens (tertiary/aromatic N) is 3. The van der Waals surface area contributed by atoms with Gasteiger partial charge in [0.05, 0.1) is 30.7 Å². The fourth-order valence-corrected chi connectivity index (χ4v) is 9.14. The normalized spacial score (nSPS) is 11.7. The quantitative estimate of drug-likeness (QED) is 0.193. The zero-order chi connectivity index (χ0) is 28.0. The minimum atomic E-state index is -2.72. The molecule has 0 bridgehead atoms. The van der Waals surface area contributed by atoms with E-state index >= 15 is 0 Å². The fourth-order valence-electron chi connectivity index (χ4n) is 5.63. The Balaban J connectivity index is 1.69. The van der Waals surface area contributed by atoms with Crippen LogP contribution in [-0.2, 0) is 4.74 Å². The van der Waals surface area contributed by atoms with Gasteiger partial charge in [0.2, 0.25) is 0 Å². The Bertz CT molecular complexity index is 2070. The summed E-state index contributed by atoms with van der Waals surface area (Å²) in [5.74, 6) is -0.538. The van der Waals surface area contributed by atoms with E-state index in [-0.39, 0.29) is 16.9 Å². The number of aromatic nitrogens is 2. The number of methoxy groups -OCH3 is 1. The minimum absolute atomic E-state index is 0.179. The van der Waals surface area contributed by atoms with Crippen LogP contribution >= 0.6 is 7.05 Å². The minimum Gasteiger partial charge on any atom is -0.464 e. The number of hydrogen-bond donors (Lipinski definition) is 0. The molecular weight excluding hydrogens is 529 g/mol. The second-order valence-electron chi connectivity index (χ2n) is 9.71. The van der Waals surface area contributed by atoms with Gasteiger partial charge in [0.25, 0.3) is 5.56 Å². The molecule has 0 unspecified atom stereocenters. The average Bonchev–Trinajstić information content (AvgIpc) is 3.38. The summed E-state index contributed by atoms with van der Waals surface area (Å²) < 4.78 is 12.2. The lowest BCUT2D eigenvalue weighted by molar-refractivity contribution is 0.0594. The summed E-state index contributed by atoms with van der Waals surface area (Å²) in [5.41, 5.74) is 2.12. The monoisotopic (exact) mass is 553 g/mol. The van der Waals surface area contributed by atoms with Crippen LogP contribution in [0, 0.1) is 0 Å². The molecule has 41 heavy (non-hydrogen) atoms. The van der Waals surface area contributed by atoms with Crippen molar-refractivity contribution in [2.75, 3.05) is 7.11 Å². The Labute approximate surface area is 235 Å². The second-order valence-corrected chi connectivity index (χ2v) is 12.7. The van der Waals surface area contributed by atoms with Gasteiger partial charge in [-0.15, -0.1) is 0 Å². The highest BCUT2D eigenvalue weighted by Crippen LogP contribution is 2.49. The van der Waals surface area contributed by atoms with Crippen LogP contribution in [0.2, 0.25) is 0 Å². The Kier molecular flexibility index (Phi) is 5.99. The number of fused-ring (bicyclic) bond motifs is 3. The molecule has 0 saturated carbocycles. The van der Waals surface area contributed by atoms with Gasteiger partial charge in [-0.2, -0.15) is 0 Å². The molecular formula is C34H24N3O3P. The lowest BCUT2D eigenvalue weighted by Crippen LogP contribution is -2.25. The molecule has 7 aromatic rings. The second kappa shape index (κ2) is 9.84. The maximum absolute atomic E-state index is 14.4. The van der Waals surface area contributed by atoms with E-state index in [1.807, 2.05) is 78.9 Å². The van der Waals surface area contributed by atoms with Gasteiger partial charge in [0.1, 0.15) is 11.4 Å². The molecule has 7 rings (SSSR count). The van der Waals surface area contributed by atoms with Crippen molar-refractivity contribution in [3.8, 4) is 0 Å². The third kappa shape index (κ3) is 3.87. The Morgan fingerprint density at radius 3 is 1.83 bits per heavy atom. The van der Waals surface area contributed by atoms with Crippen LogP contribution in [0.5, 0.6) is 0 Å². The topological polar surface area (TPSA) is 73.0 Å². The number of carbonyl (C=O) groups excluding carboxylic acids is 1. The number of rotatable bonds is 5. The van der Waals surface area contributed by atoms with E-state index in [0.29, 0.717) is 11.0 Å². The number of para-hydroxylation sites is 1. The van der Waals surface area contributed by atoms with Gasteiger partial charge >= 0.3 is 5.97 Å². The molecule has 0 atom stereocenters. The molecule has 6 nitrogen and oxygen atoms in total. The standard InChI is InChI=1S/C34H24N3O3P/c1-40-34(39)30-21-27-26-19-11-12-20-31(26)37-32(27)28(35-30)22-29(33(37)38)36-41(23-13-5-2-6-14-23,24-15-7-3-8-16-24)25-17-9-4-10-18-25/h2-22H,1H3. The van der Waals surface area contributed by atoms with Crippen molar-refractivity contribution in [1.29, 1.82) is 0 Å². The first-order chi connectivity index (χ1) is 20.1. The zero-order valence-corrected chi connectivity index (χ0v) is 23.0. The van der Waals surface area contributed by atoms with Crippen molar-refractivity contribution in [1.82, 2.24) is 9.38 Å². The van der Waals surface area contributed by atoms with Gasteiger partial charge in [0.15, 0.2) is 0 Å². The molecule has 3 aromatic heterocycles. The van der Waals surface area contributed by atoms with Gasteiger partial charge in [-0.05, 0) is 18.2 Å². The summed E-state index contributed by atoms with van der Waals surface area (Å²) in [7, 11) is -1.39. The molecule has 7 heteroatoms. The van der Waals surface area contributed by atoms with Crippen LogP contribution in [0.1, 0.15) is 10.5 Å². The molecule has 0 aliphatic heterocycles. The molecule has 3 heterocycles. The van der Waals surface area contributed by atoms with Crippen LogP contribution < -0.4 is 21.5 Å². The highest BCUT2D eigenvalue weighted by atomic mass is 31.2. The van der Waals surface area contributed by atoms with E-state index in [0.717, 1.165) is 32.2 Å². The summed E-state index contributed by atoms with van der Waals surface area (Å²) in [5, 5.41) is 4.70. The summed E-state index contributed by atoms with van der Waals surface area (Å²) in [4.78, 5) is 31.7. The van der Waals surface area contributed by atoms with E-state index < -0.39 is 13.0 Å². The molecule has 0 N–H and O–H groups in total. The maximum atomic E-state index is 14.4. The van der Waals surface area contributed by atoms with Gasteiger partial charge in [-0.25, -0.2) is 14.5 Å². The number of benzene rings is 4. The Hall–Kier alpha value is -5.06. The molecule has 4 aromatic carbocycles. The number of carbonyl (C=O) groups is 1. The van der Waals surface area contributed by atoms with Crippen molar-refractivity contribution < 1.29 is 9.53 Å². The third-order valence-corrected chi connectivity index (χ3v) is 11.1. The zero-order valence-electron chi connectivity index (χ0n) is 22.1. The predicted octanol–water partition coefficient (Wildman–Crippen LogP) is 6.03. The van der Waals surface area contributed by atoms with Crippen molar-refractivity contribution in [2.45, 2.75) is 0 Å². The van der Waals surface area contributed by atoms with Crippen molar-refractivity contribution in [3.63, 3.8) is 0 Å². The Morgan fingerprint density at radius 2 is 1.27 bits per heavy atom. The summed E-state index contributed by atoms with van der Waals surface area (Å²) in [6.07, 6.45) is 0. The maximum Gasteiger partial charge on any atom is 0.356 e. The average molecular weight is 554 g/mol. The first-order valence-electron chi connectivity index (χ1n) is 13.2. The lowest BCUT2D eigenvalue weighted by Gasteiger charge is -2.26. The number of ether oxygens (including phenoxy) is 1. The number of pyridine rings is 2. The predicted molar refractivity (Wildman–Crippen MR) is 166 cm³/mol. The van der Waals surface area contributed by atoms with E-state index in [4.69, 9.17) is 9.48 Å². The highest BCUT2D eigenvalue weighted by molar-refractivity contribution is 7.87. The van der Waals surface area contributed by atoms with Gasteiger partial charge in [0, 0.05) is 26.7 Å². The molecule has 0 amide bonds. The fraction of sp³-hybridized carbons (Fsp3) is 0.0294. The summed E-state index contributed by atoms with van der Waals surface area (Å²) in [6.45, 7) is 0. The number of esters is 1. The van der Waals surface area contributed by atoms with Crippen LogP contribution in [0.4, 0.5) is 5.69 Å². The van der Waals surface area contributed by atoms with Gasteiger partial charge in [-0.1, -0.05) is 109 Å². The first-order valence-corrected chi connectivity index (χ1v) is 14.9. The molecule has 0 fully saturated rings. The highest BCUT2D eigenvalue weighted by Gasteiger charge is 2.29. The van der Waals surface area contributed by atoms with Crippen LogP contribution in [0.25, 0.3) is 27.3 Å². The smallest absolute Gasteiger partial charge is 0.356 e. The van der Waals surface area contributed by atoms with Crippen LogP contribution in [0.3, 0.4) is 0 Å². The molecule has 0 radical (unpaired) electrons. The Morgan fingerprint density at radius 1 is 0.732 bits per heavy atom. The van der Waals surface area contributed by atoms with Crippen molar-refractivity contribution in [2.24, 2.45) is 4.74 Å². The lowest BCUT2D eigenvalue weighted by atomic mass is 10.1. The summed E-state index contributed by atoms with van der Waals surface area (Å²) >= 11 is 0. The summed E-state index contributed by atoms with van der Waals surface area (Å²) in [6, 6.07) is 41.5. The van der Waals surface area contributed by atoms with Crippen LogP contribution in [0.15, 0.2) is 137 Å². The van der Waals surface area contributed by atoms with Crippen molar-refractivity contribution >= 4 is 61.9 Å². The molecule has 0 aliphatic rings. The SMILES string of the molecule is COC(=O)c1cc2c3ccccc3n3c(=O)c(N=P(c4ccccc4)(c4ccccc4)c4ccccc4)cc(n1)c23. The van der Waals surface area contributed by atoms with Gasteiger partial charge in [-0.3, -0.25) is 9.20 Å². The van der Waals surface area contributed by atoms with E-state index in [1.165, 1.54) is 7.11 Å². The van der Waals surface area contributed by atoms with E-state index in [1.54, 1.807) is 16.5 Å². The first kappa shape index (κ1) is 24.9. The molecule has 0 spiro atoms. The molecule has 0 saturated heterocycles. The molecule has 198 valence electrons. The van der Waals surface area contributed by atoms with Crippen molar-refractivity contribution in [3.05, 3.63) is 143 Å². The van der Waals surface area contributed by atoms with Gasteiger partial charge < -0.3 is 4.74 Å². The van der Waals surface area contributed by atoms with Crippen LogP contribution in [-0.4, -0.2) is 22.5 Å².